The fourth-order valence-electron chi connectivity index (χ4n) is 0.364. The minimum atomic E-state index is 0.613. The quantitative estimate of drug-likeness (QED) is 0.490. The lowest BCUT2D eigenvalue weighted by atomic mass is 10.1. The van der Waals surface area contributed by atoms with E-state index < -0.39 is 0 Å². The lowest BCUT2D eigenvalue weighted by Crippen LogP contribution is -1.89. The van der Waals surface area contributed by atoms with Crippen LogP contribution in [0.1, 0.15) is 0 Å². The SMILES string of the molecule is [B]c1cnc(OC)s1. The molecule has 0 atom stereocenters. The second-order valence-electron chi connectivity index (χ2n) is 1.23. The Labute approximate surface area is 52.9 Å². The van der Waals surface area contributed by atoms with Crippen LogP contribution in [0.4, 0.5) is 0 Å². The first-order chi connectivity index (χ1) is 3.83. The normalized spacial score (nSPS) is 9.12. The second-order valence-corrected chi connectivity index (χ2v) is 2.26. The molecule has 4 heteroatoms. The summed E-state index contributed by atoms with van der Waals surface area (Å²) in [7, 11) is 6.90. The van der Waals surface area contributed by atoms with Crippen LogP contribution in [0.5, 0.6) is 5.19 Å². The van der Waals surface area contributed by atoms with Crippen molar-refractivity contribution in [3.8, 4) is 5.19 Å². The Morgan fingerprint density at radius 3 is 2.88 bits per heavy atom. The van der Waals surface area contributed by atoms with E-state index in [4.69, 9.17) is 12.6 Å². The molecule has 0 amide bonds. The number of aromatic nitrogens is 1. The number of methoxy groups -OCH3 is 1. The Balaban J connectivity index is 2.84. The molecule has 0 spiro atoms. The fraction of sp³-hybridized carbons (Fsp3) is 0.250. The van der Waals surface area contributed by atoms with Gasteiger partial charge >= 0.3 is 0 Å². The van der Waals surface area contributed by atoms with Crippen molar-refractivity contribution >= 4 is 24.0 Å². The first kappa shape index (κ1) is 5.63. The summed E-state index contributed by atoms with van der Waals surface area (Å²) in [6, 6.07) is 0. The van der Waals surface area contributed by atoms with Gasteiger partial charge in [-0.25, -0.2) is 4.98 Å². The Kier molecular flexibility index (Phi) is 1.53. The lowest BCUT2D eigenvalue weighted by molar-refractivity contribution is 0.412. The van der Waals surface area contributed by atoms with E-state index in [-0.39, 0.29) is 0 Å². The zero-order valence-corrected chi connectivity index (χ0v) is 5.23. The minimum absolute atomic E-state index is 0.613. The van der Waals surface area contributed by atoms with E-state index in [0.29, 0.717) is 9.97 Å². The van der Waals surface area contributed by atoms with Gasteiger partial charge in [0, 0.05) is 6.20 Å². The molecule has 0 aromatic carbocycles. The van der Waals surface area contributed by atoms with Crippen molar-refractivity contribution in [2.75, 3.05) is 7.11 Å². The predicted octanol–water partition coefficient (Wildman–Crippen LogP) is -0.0545. The highest BCUT2D eigenvalue weighted by Gasteiger charge is 1.92. The Morgan fingerprint density at radius 1 is 1.88 bits per heavy atom. The van der Waals surface area contributed by atoms with Crippen LogP contribution in [0.2, 0.25) is 0 Å². The molecule has 0 bridgehead atoms. The molecular formula is C4H4BNOS. The van der Waals surface area contributed by atoms with Crippen molar-refractivity contribution in [2.24, 2.45) is 0 Å². The molecule has 0 fully saturated rings. The Bertz CT molecular complexity index is 176. The van der Waals surface area contributed by atoms with E-state index >= 15 is 0 Å². The molecule has 2 nitrogen and oxygen atoms in total. The van der Waals surface area contributed by atoms with Crippen LogP contribution >= 0.6 is 11.3 Å². The Morgan fingerprint density at radius 2 is 2.62 bits per heavy atom. The zero-order chi connectivity index (χ0) is 5.98. The summed E-state index contributed by atoms with van der Waals surface area (Å²) in [5.41, 5.74) is 0. The summed E-state index contributed by atoms with van der Waals surface area (Å²) in [6.45, 7) is 0. The molecule has 0 saturated heterocycles. The van der Waals surface area contributed by atoms with Crippen LogP contribution in [0.25, 0.3) is 0 Å². The van der Waals surface area contributed by atoms with Crippen molar-refractivity contribution in [1.29, 1.82) is 0 Å². The van der Waals surface area contributed by atoms with E-state index in [9.17, 15) is 0 Å². The van der Waals surface area contributed by atoms with Gasteiger partial charge in [-0.1, -0.05) is 11.3 Å². The topological polar surface area (TPSA) is 22.1 Å². The molecule has 2 radical (unpaired) electrons. The predicted molar refractivity (Wildman–Crippen MR) is 34.1 cm³/mol. The smallest absolute Gasteiger partial charge is 0.272 e. The van der Waals surface area contributed by atoms with Crippen molar-refractivity contribution in [3.05, 3.63) is 6.20 Å². The zero-order valence-electron chi connectivity index (χ0n) is 4.42. The monoisotopic (exact) mass is 125 g/mol. The average molecular weight is 125 g/mol. The molecule has 1 heterocycles. The second kappa shape index (κ2) is 2.18. The number of ether oxygens (including phenoxy) is 1. The van der Waals surface area contributed by atoms with E-state index in [2.05, 4.69) is 4.98 Å². The molecular weight excluding hydrogens is 121 g/mol. The number of nitrogens with zero attached hydrogens (tertiary/aromatic N) is 1. The minimum Gasteiger partial charge on any atom is -0.473 e. The van der Waals surface area contributed by atoms with E-state index in [0.717, 1.165) is 0 Å². The fourth-order valence-corrected chi connectivity index (χ4v) is 0.860. The van der Waals surface area contributed by atoms with Crippen LogP contribution in [0, 0.1) is 0 Å². The third-order valence-electron chi connectivity index (χ3n) is 0.677. The number of thiazole rings is 1. The van der Waals surface area contributed by atoms with Gasteiger partial charge in [0.15, 0.2) is 0 Å². The maximum Gasteiger partial charge on any atom is 0.272 e. The van der Waals surface area contributed by atoms with Gasteiger partial charge in [-0.15, -0.1) is 0 Å². The summed E-state index contributed by atoms with van der Waals surface area (Å²) in [5.74, 6) is 0. The van der Waals surface area contributed by atoms with Crippen LogP contribution in [-0.4, -0.2) is 19.9 Å². The van der Waals surface area contributed by atoms with Gasteiger partial charge < -0.3 is 4.74 Å². The maximum atomic E-state index is 5.33. The summed E-state index contributed by atoms with van der Waals surface area (Å²) < 4.78 is 5.44. The summed E-state index contributed by atoms with van der Waals surface area (Å²) >= 11 is 1.33. The van der Waals surface area contributed by atoms with Crippen molar-refractivity contribution < 1.29 is 4.74 Å². The van der Waals surface area contributed by atoms with Gasteiger partial charge in [-0.05, 0) is 4.78 Å². The number of hydrogen-bond acceptors (Lipinski definition) is 3. The van der Waals surface area contributed by atoms with E-state index in [1.165, 1.54) is 11.3 Å². The van der Waals surface area contributed by atoms with E-state index in [1.54, 1.807) is 13.3 Å². The summed E-state index contributed by atoms with van der Waals surface area (Å²) in [5, 5.41) is 0.613. The van der Waals surface area contributed by atoms with Gasteiger partial charge in [0.05, 0.1) is 7.11 Å². The summed E-state index contributed by atoms with van der Waals surface area (Å²) in [6.07, 6.45) is 1.57. The van der Waals surface area contributed by atoms with Crippen LogP contribution < -0.4 is 9.51 Å². The molecule has 0 saturated carbocycles. The molecule has 1 rings (SSSR count). The van der Waals surface area contributed by atoms with Gasteiger partial charge in [-0.3, -0.25) is 0 Å². The van der Waals surface area contributed by atoms with Crippen LogP contribution in [-0.2, 0) is 0 Å². The third kappa shape index (κ3) is 1.01. The molecule has 0 N–H and O–H groups in total. The highest BCUT2D eigenvalue weighted by molar-refractivity contribution is 7.21. The van der Waals surface area contributed by atoms with Crippen LogP contribution in [0.15, 0.2) is 6.20 Å². The first-order valence-corrected chi connectivity index (χ1v) is 2.90. The van der Waals surface area contributed by atoms with Crippen molar-refractivity contribution in [1.82, 2.24) is 4.98 Å². The largest absolute Gasteiger partial charge is 0.473 e. The molecule has 8 heavy (non-hydrogen) atoms. The Hall–Kier alpha value is -0.505. The molecule has 0 aliphatic carbocycles. The lowest BCUT2D eigenvalue weighted by Gasteiger charge is -1.85. The maximum absolute atomic E-state index is 5.33. The van der Waals surface area contributed by atoms with Gasteiger partial charge in [0.1, 0.15) is 7.85 Å². The molecule has 40 valence electrons. The summed E-state index contributed by atoms with van der Waals surface area (Å²) in [4.78, 5) is 3.81. The average Bonchev–Trinajstić information content (AvgIpc) is 2.14. The van der Waals surface area contributed by atoms with Gasteiger partial charge in [0.2, 0.25) is 0 Å². The third-order valence-corrected chi connectivity index (χ3v) is 1.46. The van der Waals surface area contributed by atoms with E-state index in [1.807, 2.05) is 0 Å². The number of rotatable bonds is 1. The highest BCUT2D eigenvalue weighted by Crippen LogP contribution is 2.08. The van der Waals surface area contributed by atoms with Crippen LogP contribution in [0.3, 0.4) is 0 Å². The first-order valence-electron chi connectivity index (χ1n) is 2.08. The number of hydrogen-bond donors (Lipinski definition) is 0. The molecule has 0 aliphatic heterocycles. The van der Waals surface area contributed by atoms with Crippen molar-refractivity contribution in [2.45, 2.75) is 0 Å². The van der Waals surface area contributed by atoms with Gasteiger partial charge in [0.25, 0.3) is 5.19 Å². The molecule has 1 aromatic heterocycles. The van der Waals surface area contributed by atoms with Crippen molar-refractivity contribution in [3.63, 3.8) is 0 Å². The standard InChI is InChI=1S/C4H4BNOS/c1-7-4-6-2-3(5)8-4/h2H,1H3. The highest BCUT2D eigenvalue weighted by atomic mass is 32.1. The van der Waals surface area contributed by atoms with Gasteiger partial charge in [-0.2, -0.15) is 0 Å². The molecule has 0 aliphatic rings. The molecule has 1 aromatic rings. The molecule has 0 unspecified atom stereocenters.